The molecule has 0 fully saturated rings. The molecular weight excluding hydrogens is 378 g/mol. The van der Waals surface area contributed by atoms with Crippen LogP contribution in [0.5, 0.6) is 0 Å². The molecule has 0 aliphatic rings. The maximum atomic E-state index is 12.8. The zero-order chi connectivity index (χ0) is 18.6. The van der Waals surface area contributed by atoms with Crippen molar-refractivity contribution in [2.75, 3.05) is 0 Å². The Bertz CT molecular complexity index is 759. The topological polar surface area (TPSA) is 46.2 Å². The predicted molar refractivity (Wildman–Crippen MR) is 89.2 cm³/mol. The van der Waals surface area contributed by atoms with Gasteiger partial charge in [0.05, 0.1) is 6.42 Å². The Morgan fingerprint density at radius 2 is 1.32 bits per heavy atom. The largest absolute Gasteiger partial charge is 0.391 e. The van der Waals surface area contributed by atoms with E-state index in [1.165, 1.54) is 48.5 Å². The highest BCUT2D eigenvalue weighted by Crippen LogP contribution is 2.24. The van der Waals surface area contributed by atoms with Crippen LogP contribution in [0.25, 0.3) is 0 Å². The molecule has 1 atom stereocenters. The van der Waals surface area contributed by atoms with Gasteiger partial charge in [-0.1, -0.05) is 23.2 Å². The lowest BCUT2D eigenvalue weighted by molar-refractivity contribution is -0.137. The first-order valence-electron chi connectivity index (χ1n) is 7.09. The van der Waals surface area contributed by atoms with E-state index in [1.54, 1.807) is 0 Å². The molecule has 0 aromatic heterocycles. The lowest BCUT2D eigenvalue weighted by Crippen LogP contribution is -2.43. The van der Waals surface area contributed by atoms with E-state index >= 15 is 0 Å². The molecule has 1 amide bonds. The van der Waals surface area contributed by atoms with Crippen LogP contribution < -0.4 is 5.32 Å². The molecular formula is C17H12Cl2F3NO2. The molecule has 132 valence electrons. The fraction of sp³-hybridized carbons (Fsp3) is 0.176. The monoisotopic (exact) mass is 389 g/mol. The van der Waals surface area contributed by atoms with Crippen LogP contribution in [0, 0.1) is 0 Å². The highest BCUT2D eigenvalue weighted by molar-refractivity contribution is 6.31. The van der Waals surface area contributed by atoms with E-state index < -0.39 is 30.3 Å². The molecule has 0 aliphatic carbocycles. The number of halogens is 5. The van der Waals surface area contributed by atoms with Crippen molar-refractivity contribution in [3.63, 3.8) is 0 Å². The maximum absolute atomic E-state index is 12.8. The summed E-state index contributed by atoms with van der Waals surface area (Å²) >= 11 is 11.4. The molecule has 3 nitrogen and oxygen atoms in total. The highest BCUT2D eigenvalue weighted by atomic mass is 35.5. The second-order valence-corrected chi connectivity index (χ2v) is 6.10. The summed E-state index contributed by atoms with van der Waals surface area (Å²) < 4.78 is 38.4. The predicted octanol–water partition coefficient (Wildman–Crippen LogP) is 4.93. The zero-order valence-electron chi connectivity index (χ0n) is 12.6. The van der Waals surface area contributed by atoms with Crippen LogP contribution in [0.2, 0.25) is 10.0 Å². The van der Waals surface area contributed by atoms with Gasteiger partial charge in [-0.3, -0.25) is 9.59 Å². The fourth-order valence-electron chi connectivity index (χ4n) is 2.10. The summed E-state index contributed by atoms with van der Waals surface area (Å²) in [4.78, 5) is 24.5. The van der Waals surface area contributed by atoms with Crippen molar-refractivity contribution in [3.8, 4) is 0 Å². The van der Waals surface area contributed by atoms with Crippen LogP contribution in [0.3, 0.4) is 0 Å². The molecule has 0 aliphatic heterocycles. The zero-order valence-corrected chi connectivity index (χ0v) is 14.1. The summed E-state index contributed by atoms with van der Waals surface area (Å²) in [5.41, 5.74) is 0.121. The highest BCUT2D eigenvalue weighted by Gasteiger charge is 2.36. The molecule has 0 saturated heterocycles. The first-order valence-corrected chi connectivity index (χ1v) is 7.84. The van der Waals surface area contributed by atoms with Crippen molar-refractivity contribution in [1.29, 1.82) is 0 Å². The third-order valence-electron chi connectivity index (χ3n) is 3.29. The number of hydrogen-bond acceptors (Lipinski definition) is 2. The Morgan fingerprint density at radius 3 is 1.76 bits per heavy atom. The molecule has 2 rings (SSSR count). The first-order chi connectivity index (χ1) is 11.7. The quantitative estimate of drug-likeness (QED) is 0.737. The van der Waals surface area contributed by atoms with E-state index in [4.69, 9.17) is 23.2 Å². The van der Waals surface area contributed by atoms with E-state index in [9.17, 15) is 22.8 Å². The second-order valence-electron chi connectivity index (χ2n) is 5.22. The van der Waals surface area contributed by atoms with Gasteiger partial charge in [0, 0.05) is 21.2 Å². The smallest absolute Gasteiger partial charge is 0.341 e. The van der Waals surface area contributed by atoms with Crippen molar-refractivity contribution < 1.29 is 22.8 Å². The number of rotatable bonds is 5. The van der Waals surface area contributed by atoms with Crippen LogP contribution in [-0.4, -0.2) is 23.9 Å². The summed E-state index contributed by atoms with van der Waals surface area (Å²) in [5, 5.41) is 2.85. The molecule has 0 bridgehead atoms. The summed E-state index contributed by atoms with van der Waals surface area (Å²) in [7, 11) is 0. The third-order valence-corrected chi connectivity index (χ3v) is 3.80. The Morgan fingerprint density at radius 1 is 0.880 bits per heavy atom. The van der Waals surface area contributed by atoms with E-state index in [-0.39, 0.29) is 11.1 Å². The van der Waals surface area contributed by atoms with Gasteiger partial charge >= 0.3 is 6.18 Å². The number of carbonyl (C=O) groups excluding carboxylic acids is 2. The third kappa shape index (κ3) is 5.76. The summed E-state index contributed by atoms with van der Waals surface area (Å²) in [5.74, 6) is -1.65. The molecule has 0 radical (unpaired) electrons. The molecule has 0 heterocycles. The molecule has 1 unspecified atom stereocenters. The average molecular weight is 390 g/mol. The fourth-order valence-corrected chi connectivity index (χ4v) is 2.35. The Labute approximate surface area is 151 Å². The minimum absolute atomic E-state index is 0.0232. The van der Waals surface area contributed by atoms with Crippen molar-refractivity contribution in [2.24, 2.45) is 0 Å². The molecule has 2 aromatic rings. The van der Waals surface area contributed by atoms with E-state index in [0.717, 1.165) is 0 Å². The van der Waals surface area contributed by atoms with Gasteiger partial charge in [0.2, 0.25) is 0 Å². The summed E-state index contributed by atoms with van der Waals surface area (Å²) in [6.07, 6.45) is -6.10. The van der Waals surface area contributed by atoms with Crippen molar-refractivity contribution >= 4 is 34.9 Å². The van der Waals surface area contributed by atoms with Crippen molar-refractivity contribution in [2.45, 2.75) is 18.6 Å². The minimum Gasteiger partial charge on any atom is -0.341 e. The Hall–Kier alpha value is -2.05. The van der Waals surface area contributed by atoms with Gasteiger partial charge < -0.3 is 5.32 Å². The van der Waals surface area contributed by atoms with Crippen molar-refractivity contribution in [1.82, 2.24) is 5.32 Å². The Kier molecular flexibility index (Phi) is 6.08. The van der Waals surface area contributed by atoms with E-state index in [1.807, 2.05) is 0 Å². The molecule has 25 heavy (non-hydrogen) atoms. The lowest BCUT2D eigenvalue weighted by Gasteiger charge is -2.19. The number of hydrogen-bond donors (Lipinski definition) is 1. The van der Waals surface area contributed by atoms with Crippen LogP contribution in [0.4, 0.5) is 13.2 Å². The van der Waals surface area contributed by atoms with Gasteiger partial charge in [-0.15, -0.1) is 0 Å². The number of benzene rings is 2. The number of carbonyl (C=O) groups is 2. The maximum Gasteiger partial charge on any atom is 0.391 e. The second kappa shape index (κ2) is 7.89. The van der Waals surface area contributed by atoms with Crippen LogP contribution >= 0.6 is 23.2 Å². The molecule has 0 saturated carbocycles. The van der Waals surface area contributed by atoms with Crippen LogP contribution in [-0.2, 0) is 0 Å². The summed E-state index contributed by atoms with van der Waals surface area (Å²) in [6.45, 7) is 0. The molecule has 2 aromatic carbocycles. The van der Waals surface area contributed by atoms with Gasteiger partial charge in [-0.25, -0.2) is 0 Å². The number of ketones is 1. The van der Waals surface area contributed by atoms with Gasteiger partial charge in [0.25, 0.3) is 5.91 Å². The molecule has 0 spiro atoms. The van der Waals surface area contributed by atoms with Crippen LogP contribution in [0.15, 0.2) is 48.5 Å². The standard InChI is InChI=1S/C17H12Cl2F3NO2/c18-12-5-1-10(2-6-12)15(24)14(9-17(20,21)22)23-16(25)11-3-7-13(19)8-4-11/h1-8,14H,9H2,(H,23,25). The van der Waals surface area contributed by atoms with Gasteiger partial charge in [0.1, 0.15) is 6.04 Å². The van der Waals surface area contributed by atoms with E-state index in [0.29, 0.717) is 10.0 Å². The number of amides is 1. The SMILES string of the molecule is O=C(NC(CC(F)(F)F)C(=O)c1ccc(Cl)cc1)c1ccc(Cl)cc1. The van der Waals surface area contributed by atoms with Gasteiger partial charge in [-0.2, -0.15) is 13.2 Å². The molecule has 1 N–H and O–H groups in total. The van der Waals surface area contributed by atoms with Gasteiger partial charge in [0.15, 0.2) is 5.78 Å². The van der Waals surface area contributed by atoms with Crippen molar-refractivity contribution in [3.05, 3.63) is 69.7 Å². The normalized spacial score (nSPS) is 12.5. The number of Topliss-reactive ketones (excluding diaryl/α,β-unsaturated/α-hetero) is 1. The molecule has 8 heteroatoms. The minimum atomic E-state index is -4.62. The summed E-state index contributed by atoms with van der Waals surface area (Å²) in [6, 6.07) is 9.21. The number of alkyl halides is 3. The average Bonchev–Trinajstić information content (AvgIpc) is 2.53. The van der Waals surface area contributed by atoms with E-state index in [2.05, 4.69) is 5.32 Å². The number of nitrogens with one attached hydrogen (secondary N) is 1. The first kappa shape index (κ1) is 19.3. The van der Waals surface area contributed by atoms with Gasteiger partial charge in [-0.05, 0) is 48.5 Å². The Balaban J connectivity index is 2.23. The van der Waals surface area contributed by atoms with Crippen LogP contribution in [0.1, 0.15) is 27.1 Å². The lowest BCUT2D eigenvalue weighted by atomic mass is 10.0.